The normalized spacial score (nSPS) is 16.9. The average Bonchev–Trinajstić information content (AvgIpc) is 2.76. The van der Waals surface area contributed by atoms with Gasteiger partial charge in [0.2, 0.25) is 0 Å². The van der Waals surface area contributed by atoms with Gasteiger partial charge in [0.15, 0.2) is 0 Å². The summed E-state index contributed by atoms with van der Waals surface area (Å²) in [6.45, 7) is 7.32. The van der Waals surface area contributed by atoms with Crippen LogP contribution in [0.2, 0.25) is 0 Å². The molecule has 1 fully saturated rings. The van der Waals surface area contributed by atoms with Gasteiger partial charge in [0.05, 0.1) is 13.2 Å². The van der Waals surface area contributed by atoms with Gasteiger partial charge in [0, 0.05) is 37.2 Å². The number of morpholine rings is 1. The molecule has 0 radical (unpaired) electrons. The van der Waals surface area contributed by atoms with Gasteiger partial charge in [-0.05, 0) is 43.5 Å². The second-order valence-corrected chi connectivity index (χ2v) is 5.84. The van der Waals surface area contributed by atoms with E-state index in [1.165, 1.54) is 35.0 Å². The van der Waals surface area contributed by atoms with Crippen molar-refractivity contribution >= 4 is 10.9 Å². The molecule has 1 aromatic carbocycles. The van der Waals surface area contributed by atoms with E-state index in [1.807, 2.05) is 0 Å². The van der Waals surface area contributed by atoms with Crippen molar-refractivity contribution in [3.05, 3.63) is 35.5 Å². The van der Waals surface area contributed by atoms with Crippen LogP contribution < -0.4 is 0 Å². The minimum absolute atomic E-state index is 0.896. The maximum Gasteiger partial charge on any atom is 0.0594 e. The Bertz CT molecular complexity index is 582. The van der Waals surface area contributed by atoms with E-state index in [4.69, 9.17) is 4.74 Å². The number of aromatic nitrogens is 1. The van der Waals surface area contributed by atoms with Crippen LogP contribution in [0.25, 0.3) is 10.9 Å². The first-order valence-electron chi connectivity index (χ1n) is 7.59. The summed E-state index contributed by atoms with van der Waals surface area (Å²) in [6.07, 6.45) is 4.69. The van der Waals surface area contributed by atoms with E-state index in [0.29, 0.717) is 0 Å². The second-order valence-electron chi connectivity index (χ2n) is 5.84. The molecule has 2 aromatic rings. The van der Waals surface area contributed by atoms with Crippen molar-refractivity contribution in [2.24, 2.45) is 7.05 Å². The van der Waals surface area contributed by atoms with Gasteiger partial charge in [-0.15, -0.1) is 0 Å². The SMILES string of the molecule is Cc1ccc2c(CCCN3CCOCC3)cn(C)c2c1. The summed E-state index contributed by atoms with van der Waals surface area (Å²) in [7, 11) is 2.15. The molecule has 0 amide bonds. The van der Waals surface area contributed by atoms with Crippen molar-refractivity contribution in [1.82, 2.24) is 9.47 Å². The molecule has 3 nitrogen and oxygen atoms in total. The number of nitrogens with zero attached hydrogens (tertiary/aromatic N) is 2. The molecule has 0 bridgehead atoms. The highest BCUT2D eigenvalue weighted by molar-refractivity contribution is 5.84. The minimum Gasteiger partial charge on any atom is -0.379 e. The number of hydrogen-bond acceptors (Lipinski definition) is 2. The molecule has 0 saturated carbocycles. The summed E-state index contributed by atoms with van der Waals surface area (Å²) in [4.78, 5) is 2.51. The fourth-order valence-corrected chi connectivity index (χ4v) is 3.09. The largest absolute Gasteiger partial charge is 0.379 e. The molecular weight excluding hydrogens is 248 g/mol. The van der Waals surface area contributed by atoms with Gasteiger partial charge >= 0.3 is 0 Å². The van der Waals surface area contributed by atoms with Crippen molar-refractivity contribution in [2.75, 3.05) is 32.8 Å². The Hall–Kier alpha value is -1.32. The Morgan fingerprint density at radius 3 is 2.80 bits per heavy atom. The van der Waals surface area contributed by atoms with Crippen molar-refractivity contribution in [1.29, 1.82) is 0 Å². The molecule has 0 aliphatic carbocycles. The highest BCUT2D eigenvalue weighted by Crippen LogP contribution is 2.23. The van der Waals surface area contributed by atoms with Crippen LogP contribution in [-0.4, -0.2) is 42.3 Å². The molecule has 1 aliphatic rings. The molecule has 0 N–H and O–H groups in total. The second kappa shape index (κ2) is 5.98. The van der Waals surface area contributed by atoms with Crippen molar-refractivity contribution in [2.45, 2.75) is 19.8 Å². The predicted molar refractivity (Wildman–Crippen MR) is 83.2 cm³/mol. The lowest BCUT2D eigenvalue weighted by Crippen LogP contribution is -2.36. The lowest BCUT2D eigenvalue weighted by molar-refractivity contribution is 0.0375. The van der Waals surface area contributed by atoms with Crippen molar-refractivity contribution < 1.29 is 4.74 Å². The van der Waals surface area contributed by atoms with Crippen LogP contribution >= 0.6 is 0 Å². The van der Waals surface area contributed by atoms with E-state index in [-0.39, 0.29) is 0 Å². The van der Waals surface area contributed by atoms with E-state index in [2.05, 4.69) is 47.8 Å². The zero-order valence-electron chi connectivity index (χ0n) is 12.6. The number of rotatable bonds is 4. The molecule has 0 atom stereocenters. The van der Waals surface area contributed by atoms with E-state index in [9.17, 15) is 0 Å². The lowest BCUT2D eigenvalue weighted by atomic mass is 10.1. The monoisotopic (exact) mass is 272 g/mol. The first-order chi connectivity index (χ1) is 9.74. The van der Waals surface area contributed by atoms with E-state index >= 15 is 0 Å². The van der Waals surface area contributed by atoms with Crippen LogP contribution in [0.4, 0.5) is 0 Å². The molecule has 3 heteroatoms. The predicted octanol–water partition coefficient (Wildman–Crippen LogP) is 2.75. The van der Waals surface area contributed by atoms with Crippen LogP contribution in [0, 0.1) is 6.92 Å². The van der Waals surface area contributed by atoms with Crippen molar-refractivity contribution in [3.8, 4) is 0 Å². The molecule has 20 heavy (non-hydrogen) atoms. The fourth-order valence-electron chi connectivity index (χ4n) is 3.09. The Morgan fingerprint density at radius 2 is 2.00 bits per heavy atom. The van der Waals surface area contributed by atoms with E-state index in [1.54, 1.807) is 0 Å². The van der Waals surface area contributed by atoms with Gasteiger partial charge < -0.3 is 9.30 Å². The zero-order valence-corrected chi connectivity index (χ0v) is 12.6. The van der Waals surface area contributed by atoms with Gasteiger partial charge in [-0.2, -0.15) is 0 Å². The Balaban J connectivity index is 1.65. The third-order valence-corrected chi connectivity index (χ3v) is 4.25. The molecule has 0 spiro atoms. The Morgan fingerprint density at radius 1 is 1.20 bits per heavy atom. The molecule has 0 unspecified atom stereocenters. The smallest absolute Gasteiger partial charge is 0.0594 e. The average molecular weight is 272 g/mol. The highest BCUT2D eigenvalue weighted by Gasteiger charge is 2.11. The van der Waals surface area contributed by atoms with Crippen LogP contribution in [-0.2, 0) is 18.2 Å². The van der Waals surface area contributed by atoms with Crippen molar-refractivity contribution in [3.63, 3.8) is 0 Å². The topological polar surface area (TPSA) is 17.4 Å². The number of benzene rings is 1. The highest BCUT2D eigenvalue weighted by atomic mass is 16.5. The van der Waals surface area contributed by atoms with Crippen LogP contribution in [0.3, 0.4) is 0 Å². The number of hydrogen-bond donors (Lipinski definition) is 0. The van der Waals surface area contributed by atoms with E-state index < -0.39 is 0 Å². The summed E-state index contributed by atoms with van der Waals surface area (Å²) in [6, 6.07) is 6.77. The maximum absolute atomic E-state index is 5.39. The minimum atomic E-state index is 0.896. The number of ether oxygens (including phenoxy) is 1. The lowest BCUT2D eigenvalue weighted by Gasteiger charge is -2.26. The van der Waals surface area contributed by atoms with Crippen LogP contribution in [0.1, 0.15) is 17.5 Å². The number of fused-ring (bicyclic) bond motifs is 1. The Kier molecular flexibility index (Phi) is 4.08. The van der Waals surface area contributed by atoms with Gasteiger partial charge in [-0.25, -0.2) is 0 Å². The third-order valence-electron chi connectivity index (χ3n) is 4.25. The van der Waals surface area contributed by atoms with Gasteiger partial charge in [0.25, 0.3) is 0 Å². The first kappa shape index (κ1) is 13.7. The molecular formula is C17H24N2O. The maximum atomic E-state index is 5.39. The number of aryl methyl sites for hydroxylation is 3. The molecule has 108 valence electrons. The third kappa shape index (κ3) is 2.89. The summed E-state index contributed by atoms with van der Waals surface area (Å²) in [5, 5.41) is 1.42. The van der Waals surface area contributed by atoms with Gasteiger partial charge in [0.1, 0.15) is 0 Å². The quantitative estimate of drug-likeness (QED) is 0.851. The molecule has 1 aromatic heterocycles. The van der Waals surface area contributed by atoms with Crippen LogP contribution in [0.15, 0.2) is 24.4 Å². The summed E-state index contributed by atoms with van der Waals surface area (Å²) >= 11 is 0. The molecule has 2 heterocycles. The molecule has 1 saturated heterocycles. The molecule has 3 rings (SSSR count). The Labute approximate surface area is 121 Å². The summed E-state index contributed by atoms with van der Waals surface area (Å²) < 4.78 is 7.65. The van der Waals surface area contributed by atoms with Crippen LogP contribution in [0.5, 0.6) is 0 Å². The van der Waals surface area contributed by atoms with Gasteiger partial charge in [-0.1, -0.05) is 12.1 Å². The zero-order chi connectivity index (χ0) is 13.9. The summed E-state index contributed by atoms with van der Waals surface area (Å²) in [5.74, 6) is 0. The standard InChI is InChI=1S/C17H24N2O/c1-14-5-6-16-15(13-18(2)17(16)12-14)4-3-7-19-8-10-20-11-9-19/h5-6,12-13H,3-4,7-11H2,1-2H3. The fraction of sp³-hybridized carbons (Fsp3) is 0.529. The summed E-state index contributed by atoms with van der Waals surface area (Å²) in [5.41, 5.74) is 4.17. The van der Waals surface area contributed by atoms with E-state index in [0.717, 1.165) is 32.7 Å². The van der Waals surface area contributed by atoms with Gasteiger partial charge in [-0.3, -0.25) is 4.90 Å². The molecule has 1 aliphatic heterocycles. The first-order valence-corrected chi connectivity index (χ1v) is 7.59.